The van der Waals surface area contributed by atoms with Crippen molar-refractivity contribution in [1.82, 2.24) is 4.72 Å². The van der Waals surface area contributed by atoms with E-state index in [-0.39, 0.29) is 11.8 Å². The summed E-state index contributed by atoms with van der Waals surface area (Å²) in [5.74, 6) is -0.0521. The minimum absolute atomic E-state index is 0.0521. The lowest BCUT2D eigenvalue weighted by Crippen LogP contribution is -2.45. The summed E-state index contributed by atoms with van der Waals surface area (Å²) in [6, 6.07) is 6.86. The molecular formula is C13H18BrNO3S. The third kappa shape index (κ3) is 4.56. The molecule has 0 amide bonds. The van der Waals surface area contributed by atoms with Gasteiger partial charge >= 0.3 is 0 Å². The largest absolute Gasteiger partial charge is 0.391 e. The van der Waals surface area contributed by atoms with Crippen LogP contribution in [0.25, 0.3) is 0 Å². The van der Waals surface area contributed by atoms with Crippen LogP contribution in [-0.2, 0) is 15.8 Å². The van der Waals surface area contributed by atoms with Crippen molar-refractivity contribution in [3.8, 4) is 0 Å². The van der Waals surface area contributed by atoms with E-state index in [1.165, 1.54) is 0 Å². The van der Waals surface area contributed by atoms with Crippen LogP contribution in [0.1, 0.15) is 31.2 Å². The summed E-state index contributed by atoms with van der Waals surface area (Å²) in [7, 11) is -3.41. The molecule has 19 heavy (non-hydrogen) atoms. The van der Waals surface area contributed by atoms with Crippen LogP contribution in [0.5, 0.6) is 0 Å². The standard InChI is InChI=1S/C13H18BrNO3S/c14-11-7-5-10(6-8-11)9-19(17,18)15-12-3-1-2-4-13(12)16/h5-8,12-13,15-16H,1-4,9H2/t12-,13+/m1/s1. The number of rotatable bonds is 4. The first-order valence-electron chi connectivity index (χ1n) is 6.39. The fourth-order valence-corrected chi connectivity index (χ4v) is 4.04. The lowest BCUT2D eigenvalue weighted by atomic mass is 9.93. The molecule has 0 unspecified atom stereocenters. The van der Waals surface area contributed by atoms with Crippen LogP contribution < -0.4 is 4.72 Å². The van der Waals surface area contributed by atoms with Gasteiger partial charge in [0.05, 0.1) is 11.9 Å². The molecule has 1 saturated carbocycles. The minimum Gasteiger partial charge on any atom is -0.391 e. The highest BCUT2D eigenvalue weighted by Crippen LogP contribution is 2.20. The Hall–Kier alpha value is -0.430. The molecule has 6 heteroatoms. The maximum atomic E-state index is 12.1. The van der Waals surface area contributed by atoms with Crippen LogP contribution in [0.3, 0.4) is 0 Å². The van der Waals surface area contributed by atoms with Crippen molar-refractivity contribution in [1.29, 1.82) is 0 Å². The van der Waals surface area contributed by atoms with Crippen molar-refractivity contribution in [2.45, 2.75) is 43.6 Å². The van der Waals surface area contributed by atoms with Crippen molar-refractivity contribution in [3.05, 3.63) is 34.3 Å². The zero-order valence-electron chi connectivity index (χ0n) is 10.5. The van der Waals surface area contributed by atoms with Gasteiger partial charge in [0.1, 0.15) is 0 Å². The van der Waals surface area contributed by atoms with Crippen molar-refractivity contribution in [2.75, 3.05) is 0 Å². The molecule has 1 fully saturated rings. The first-order chi connectivity index (χ1) is 8.96. The number of aliphatic hydroxyl groups excluding tert-OH is 1. The number of hydrogen-bond acceptors (Lipinski definition) is 3. The minimum atomic E-state index is -3.41. The molecule has 0 radical (unpaired) electrons. The Morgan fingerprint density at radius 1 is 1.21 bits per heavy atom. The Morgan fingerprint density at radius 2 is 1.84 bits per heavy atom. The molecule has 0 saturated heterocycles. The molecule has 2 atom stereocenters. The zero-order chi connectivity index (χ0) is 13.9. The third-order valence-corrected chi connectivity index (χ3v) is 5.23. The number of hydrogen-bond donors (Lipinski definition) is 2. The van der Waals surface area contributed by atoms with Gasteiger partial charge in [0, 0.05) is 10.5 Å². The van der Waals surface area contributed by atoms with Crippen molar-refractivity contribution < 1.29 is 13.5 Å². The SMILES string of the molecule is O=S(=O)(Cc1ccc(Br)cc1)N[C@@H]1CCCC[C@@H]1O. The van der Waals surface area contributed by atoms with E-state index in [0.717, 1.165) is 22.9 Å². The summed E-state index contributed by atoms with van der Waals surface area (Å²) in [4.78, 5) is 0. The molecule has 0 aromatic heterocycles. The summed E-state index contributed by atoms with van der Waals surface area (Å²) < 4.78 is 27.7. The van der Waals surface area contributed by atoms with Gasteiger partial charge in [-0.05, 0) is 30.5 Å². The molecule has 2 N–H and O–H groups in total. The highest BCUT2D eigenvalue weighted by molar-refractivity contribution is 9.10. The highest BCUT2D eigenvalue weighted by atomic mass is 79.9. The van der Waals surface area contributed by atoms with E-state index in [0.29, 0.717) is 12.8 Å². The molecule has 2 rings (SSSR count). The Balaban J connectivity index is 2.00. The maximum absolute atomic E-state index is 12.1. The van der Waals surface area contributed by atoms with E-state index in [4.69, 9.17) is 0 Å². The van der Waals surface area contributed by atoms with Crippen LogP contribution in [0.2, 0.25) is 0 Å². The van der Waals surface area contributed by atoms with Crippen LogP contribution in [0, 0.1) is 0 Å². The lowest BCUT2D eigenvalue weighted by molar-refractivity contribution is 0.101. The van der Waals surface area contributed by atoms with Gasteiger partial charge in [0.15, 0.2) is 0 Å². The molecule has 1 aromatic carbocycles. The Bertz CT molecular complexity index is 515. The van der Waals surface area contributed by atoms with E-state index < -0.39 is 16.1 Å². The average molecular weight is 348 g/mol. The molecule has 1 aliphatic rings. The predicted molar refractivity (Wildman–Crippen MR) is 78.2 cm³/mol. The number of halogens is 1. The van der Waals surface area contributed by atoms with Gasteiger partial charge in [-0.1, -0.05) is 40.9 Å². The number of sulfonamides is 1. The second kappa shape index (κ2) is 6.35. The van der Waals surface area contributed by atoms with Crippen LogP contribution >= 0.6 is 15.9 Å². The first-order valence-corrected chi connectivity index (χ1v) is 8.83. The number of nitrogens with one attached hydrogen (secondary N) is 1. The van der Waals surface area contributed by atoms with Gasteiger partial charge in [-0.25, -0.2) is 13.1 Å². The van der Waals surface area contributed by atoms with E-state index in [9.17, 15) is 13.5 Å². The monoisotopic (exact) mass is 347 g/mol. The summed E-state index contributed by atoms with van der Waals surface area (Å²) in [5.41, 5.74) is 0.737. The zero-order valence-corrected chi connectivity index (χ0v) is 13.0. The Morgan fingerprint density at radius 3 is 2.47 bits per heavy atom. The topological polar surface area (TPSA) is 66.4 Å². The Kier molecular flexibility index (Phi) is 5.00. The fourth-order valence-electron chi connectivity index (χ4n) is 2.32. The lowest BCUT2D eigenvalue weighted by Gasteiger charge is -2.28. The van der Waals surface area contributed by atoms with E-state index in [2.05, 4.69) is 20.7 Å². The van der Waals surface area contributed by atoms with Gasteiger partial charge in [-0.15, -0.1) is 0 Å². The number of aliphatic hydroxyl groups is 1. The van der Waals surface area contributed by atoms with E-state index >= 15 is 0 Å². The van der Waals surface area contributed by atoms with Crippen molar-refractivity contribution in [2.24, 2.45) is 0 Å². The summed E-state index contributed by atoms with van der Waals surface area (Å²) in [5, 5.41) is 9.80. The van der Waals surface area contributed by atoms with Gasteiger partial charge < -0.3 is 5.11 Å². The van der Waals surface area contributed by atoms with Gasteiger partial charge in [0.2, 0.25) is 10.0 Å². The fraction of sp³-hybridized carbons (Fsp3) is 0.538. The maximum Gasteiger partial charge on any atom is 0.216 e. The molecule has 1 aliphatic carbocycles. The summed E-state index contributed by atoms with van der Waals surface area (Å²) >= 11 is 3.31. The Labute approximate surface area is 122 Å². The van der Waals surface area contributed by atoms with Crippen molar-refractivity contribution >= 4 is 26.0 Å². The summed E-state index contributed by atoms with van der Waals surface area (Å²) in [6.45, 7) is 0. The first kappa shape index (κ1) is 15.0. The van der Waals surface area contributed by atoms with E-state index in [1.807, 2.05) is 12.1 Å². The van der Waals surface area contributed by atoms with Crippen molar-refractivity contribution in [3.63, 3.8) is 0 Å². The molecular weight excluding hydrogens is 330 g/mol. The molecule has 0 bridgehead atoms. The van der Waals surface area contributed by atoms with Crippen LogP contribution in [0.4, 0.5) is 0 Å². The van der Waals surface area contributed by atoms with Gasteiger partial charge in [-0.3, -0.25) is 0 Å². The second-order valence-electron chi connectivity index (χ2n) is 4.96. The molecule has 4 nitrogen and oxygen atoms in total. The van der Waals surface area contributed by atoms with E-state index in [1.54, 1.807) is 12.1 Å². The normalized spacial score (nSPS) is 24.3. The highest BCUT2D eigenvalue weighted by Gasteiger charge is 2.27. The molecule has 0 aliphatic heterocycles. The molecule has 106 valence electrons. The average Bonchev–Trinajstić information content (AvgIpc) is 2.35. The van der Waals surface area contributed by atoms with Crippen LogP contribution in [-0.4, -0.2) is 25.7 Å². The van der Waals surface area contributed by atoms with Gasteiger partial charge in [-0.2, -0.15) is 0 Å². The number of benzene rings is 1. The predicted octanol–water partition coefficient (Wildman–Crippen LogP) is 2.17. The second-order valence-corrected chi connectivity index (χ2v) is 7.63. The summed E-state index contributed by atoms with van der Waals surface area (Å²) in [6.07, 6.45) is 2.74. The third-order valence-electron chi connectivity index (χ3n) is 3.33. The van der Waals surface area contributed by atoms with Gasteiger partial charge in [0.25, 0.3) is 0 Å². The molecule has 0 heterocycles. The smallest absolute Gasteiger partial charge is 0.216 e. The quantitative estimate of drug-likeness (QED) is 0.877. The molecule has 0 spiro atoms. The van der Waals surface area contributed by atoms with Crippen LogP contribution in [0.15, 0.2) is 28.7 Å². The molecule has 1 aromatic rings.